The van der Waals surface area contributed by atoms with E-state index in [4.69, 9.17) is 28.2 Å². The highest BCUT2D eigenvalue weighted by Crippen LogP contribution is 2.56. The molecule has 5 nitrogen and oxygen atoms in total. The fourth-order valence-corrected chi connectivity index (χ4v) is 5.81. The molecule has 0 aliphatic carbocycles. The molecule has 2 aliphatic heterocycles. The molecule has 1 aromatic heterocycles. The van der Waals surface area contributed by atoms with Crippen LogP contribution in [0.5, 0.6) is 0 Å². The number of aromatic nitrogens is 1. The van der Waals surface area contributed by atoms with Gasteiger partial charge in [-0.2, -0.15) is 0 Å². The lowest BCUT2D eigenvalue weighted by molar-refractivity contribution is -0.131. The van der Waals surface area contributed by atoms with E-state index in [-0.39, 0.29) is 12.0 Å². The highest BCUT2D eigenvalue weighted by molar-refractivity contribution is 8.18. The summed E-state index contributed by atoms with van der Waals surface area (Å²) in [6, 6.07) is 9.24. The van der Waals surface area contributed by atoms with Crippen molar-refractivity contribution in [3.8, 4) is 0 Å². The van der Waals surface area contributed by atoms with Gasteiger partial charge in [0.1, 0.15) is 15.6 Å². The Morgan fingerprint density at radius 2 is 2.00 bits per heavy atom. The SMILES string of the molecule is Cc1cc(Cl)ccc1[C@H]1N2C(=N[C@@]1(C)c1ccc(Cl)nc1)SC(C(=O)O)=C2C(C)C. The number of allylic oxidation sites excluding steroid dienone is 1. The summed E-state index contributed by atoms with van der Waals surface area (Å²) in [6.07, 6.45) is 1.74. The number of aliphatic carboxylic acids is 1. The normalized spacial score (nSPS) is 23.2. The standard InChI is InChI=1S/C22H21Cl2N3O2S/c1-11(2)17-18(20(28)29)30-21-26-22(4,13-5-8-16(24)25-10-13)19(27(17)21)15-7-6-14(23)9-12(15)3/h5-11,19H,1-4H3,(H,28,29)/t19-,22+/m1/s1. The summed E-state index contributed by atoms with van der Waals surface area (Å²) in [5.41, 5.74) is 3.07. The van der Waals surface area contributed by atoms with Crippen LogP contribution >= 0.6 is 35.0 Å². The van der Waals surface area contributed by atoms with Crippen molar-refractivity contribution in [1.29, 1.82) is 0 Å². The first-order valence-electron chi connectivity index (χ1n) is 9.56. The Morgan fingerprint density at radius 3 is 2.57 bits per heavy atom. The molecule has 0 unspecified atom stereocenters. The van der Waals surface area contributed by atoms with Crippen LogP contribution in [0.1, 0.15) is 43.5 Å². The molecular formula is C22H21Cl2N3O2S. The van der Waals surface area contributed by atoms with Crippen LogP contribution in [0.3, 0.4) is 0 Å². The molecule has 156 valence electrons. The van der Waals surface area contributed by atoms with Crippen LogP contribution in [-0.2, 0) is 10.3 Å². The zero-order chi connectivity index (χ0) is 21.8. The van der Waals surface area contributed by atoms with E-state index in [1.54, 1.807) is 12.3 Å². The first kappa shape index (κ1) is 21.2. The first-order valence-corrected chi connectivity index (χ1v) is 11.1. The summed E-state index contributed by atoms with van der Waals surface area (Å²) in [4.78, 5) is 23.7. The maximum Gasteiger partial charge on any atom is 0.344 e. The molecule has 0 spiro atoms. The molecule has 3 heterocycles. The van der Waals surface area contributed by atoms with Gasteiger partial charge in [0.05, 0.1) is 6.04 Å². The molecule has 0 amide bonds. The number of carboxylic acid groups (broad SMARTS) is 1. The molecule has 2 aliphatic rings. The number of fused-ring (bicyclic) bond motifs is 1. The number of rotatable bonds is 4. The molecule has 8 heteroatoms. The summed E-state index contributed by atoms with van der Waals surface area (Å²) in [5.74, 6) is -0.917. The number of nitrogens with zero attached hydrogens (tertiary/aromatic N) is 3. The molecule has 0 radical (unpaired) electrons. The molecule has 1 aromatic carbocycles. The minimum Gasteiger partial charge on any atom is -0.477 e. The fourth-order valence-electron chi connectivity index (χ4n) is 4.22. The van der Waals surface area contributed by atoms with E-state index < -0.39 is 11.5 Å². The Bertz CT molecular complexity index is 1100. The first-order chi connectivity index (χ1) is 14.1. The van der Waals surface area contributed by atoms with Gasteiger partial charge in [0.2, 0.25) is 0 Å². The van der Waals surface area contributed by atoms with Gasteiger partial charge in [0.15, 0.2) is 5.17 Å². The highest BCUT2D eigenvalue weighted by Gasteiger charge is 2.53. The number of carboxylic acids is 1. The van der Waals surface area contributed by atoms with Gasteiger partial charge in [0, 0.05) is 22.5 Å². The molecule has 0 saturated carbocycles. The quantitative estimate of drug-likeness (QED) is 0.563. The van der Waals surface area contributed by atoms with Gasteiger partial charge in [0.25, 0.3) is 0 Å². The second kappa shape index (κ2) is 7.59. The van der Waals surface area contributed by atoms with Gasteiger partial charge in [-0.3, -0.25) is 0 Å². The Hall–Kier alpha value is -2.02. The van der Waals surface area contributed by atoms with E-state index in [0.717, 1.165) is 22.4 Å². The smallest absolute Gasteiger partial charge is 0.344 e. The molecule has 4 rings (SSSR count). The third-order valence-corrected chi connectivity index (χ3v) is 7.11. The van der Waals surface area contributed by atoms with Crippen LogP contribution in [0.2, 0.25) is 10.2 Å². The minimum absolute atomic E-state index is 0.0112. The van der Waals surface area contributed by atoms with Crippen LogP contribution in [0.25, 0.3) is 0 Å². The number of benzene rings is 1. The lowest BCUT2D eigenvalue weighted by atomic mass is 9.80. The van der Waals surface area contributed by atoms with Gasteiger partial charge >= 0.3 is 5.97 Å². The zero-order valence-electron chi connectivity index (χ0n) is 17.0. The van der Waals surface area contributed by atoms with Crippen molar-refractivity contribution < 1.29 is 9.90 Å². The lowest BCUT2D eigenvalue weighted by Crippen LogP contribution is -2.36. The molecule has 0 fully saturated rings. The molecule has 0 saturated heterocycles. The van der Waals surface area contributed by atoms with Crippen LogP contribution < -0.4 is 0 Å². The average Bonchev–Trinajstić information content (AvgIpc) is 3.16. The van der Waals surface area contributed by atoms with Gasteiger partial charge in [-0.1, -0.05) is 49.2 Å². The second-order valence-electron chi connectivity index (χ2n) is 7.96. The summed E-state index contributed by atoms with van der Waals surface area (Å²) in [5, 5.41) is 11.6. The van der Waals surface area contributed by atoms with Crippen molar-refractivity contribution in [2.45, 2.75) is 39.3 Å². The third-order valence-electron chi connectivity index (χ3n) is 5.59. The number of thioether (sulfide) groups is 1. The van der Waals surface area contributed by atoms with Crippen LogP contribution in [-0.4, -0.2) is 26.1 Å². The lowest BCUT2D eigenvalue weighted by Gasteiger charge is -2.37. The number of pyridine rings is 1. The molecular weight excluding hydrogens is 441 g/mol. The van der Waals surface area contributed by atoms with Crippen LogP contribution in [0.15, 0.2) is 52.1 Å². The summed E-state index contributed by atoms with van der Waals surface area (Å²) < 4.78 is 0. The topological polar surface area (TPSA) is 65.8 Å². The van der Waals surface area contributed by atoms with E-state index >= 15 is 0 Å². The molecule has 2 aromatic rings. The maximum atomic E-state index is 12.0. The summed E-state index contributed by atoms with van der Waals surface area (Å²) in [7, 11) is 0. The number of aliphatic imine (C=N–C) groups is 1. The Kier molecular flexibility index (Phi) is 5.37. The van der Waals surface area contributed by atoms with E-state index in [2.05, 4.69) is 16.8 Å². The number of carbonyl (C=O) groups is 1. The predicted octanol–water partition coefficient (Wildman–Crippen LogP) is 6.02. The van der Waals surface area contributed by atoms with Crippen LogP contribution in [0, 0.1) is 12.8 Å². The monoisotopic (exact) mass is 461 g/mol. The van der Waals surface area contributed by atoms with E-state index in [9.17, 15) is 9.90 Å². The molecule has 2 atom stereocenters. The second-order valence-corrected chi connectivity index (χ2v) is 9.76. The molecule has 0 bridgehead atoms. The minimum atomic E-state index is -0.928. The van der Waals surface area contributed by atoms with Gasteiger partial charge in [-0.05, 0) is 60.9 Å². The largest absolute Gasteiger partial charge is 0.477 e. The number of hydrogen-bond acceptors (Lipinski definition) is 5. The highest BCUT2D eigenvalue weighted by atomic mass is 35.5. The zero-order valence-corrected chi connectivity index (χ0v) is 19.3. The van der Waals surface area contributed by atoms with Crippen molar-refractivity contribution >= 4 is 46.1 Å². The van der Waals surface area contributed by atoms with Gasteiger partial charge in [-0.25, -0.2) is 14.8 Å². The van der Waals surface area contributed by atoms with Gasteiger partial charge < -0.3 is 10.0 Å². The van der Waals surface area contributed by atoms with Crippen molar-refractivity contribution in [2.24, 2.45) is 10.9 Å². The van der Waals surface area contributed by atoms with Gasteiger partial charge in [-0.15, -0.1) is 0 Å². The molecule has 1 N–H and O–H groups in total. The third kappa shape index (κ3) is 3.31. The van der Waals surface area contributed by atoms with Crippen molar-refractivity contribution in [2.75, 3.05) is 0 Å². The predicted molar refractivity (Wildman–Crippen MR) is 122 cm³/mol. The molecule has 30 heavy (non-hydrogen) atoms. The summed E-state index contributed by atoms with van der Waals surface area (Å²) in [6.45, 7) is 8.08. The number of aryl methyl sites for hydroxylation is 1. The van der Waals surface area contributed by atoms with Crippen molar-refractivity contribution in [3.63, 3.8) is 0 Å². The van der Waals surface area contributed by atoms with Crippen molar-refractivity contribution in [1.82, 2.24) is 9.88 Å². The Balaban J connectivity index is 1.96. The van der Waals surface area contributed by atoms with E-state index in [0.29, 0.717) is 20.2 Å². The number of halogens is 2. The maximum absolute atomic E-state index is 12.0. The Labute approximate surface area is 189 Å². The Morgan fingerprint density at radius 1 is 1.27 bits per heavy atom. The fraction of sp³-hybridized carbons (Fsp3) is 0.318. The number of hydrogen-bond donors (Lipinski definition) is 1. The summed E-state index contributed by atoms with van der Waals surface area (Å²) >= 11 is 13.5. The van der Waals surface area contributed by atoms with Crippen molar-refractivity contribution in [3.05, 3.63) is 74.0 Å². The number of amidine groups is 1. The average molecular weight is 462 g/mol. The van der Waals surface area contributed by atoms with E-state index in [1.165, 1.54) is 11.8 Å². The van der Waals surface area contributed by atoms with Crippen LogP contribution in [0.4, 0.5) is 0 Å². The van der Waals surface area contributed by atoms with E-state index in [1.807, 2.05) is 45.0 Å².